The molecule has 1 heterocycles. The average Bonchev–Trinajstić information content (AvgIpc) is 2.84. The highest BCUT2D eigenvalue weighted by Gasteiger charge is 2.25. The largest absolute Gasteiger partial charge is 0.448 e. The predicted octanol–water partition coefficient (Wildman–Crippen LogP) is 1.68. The van der Waals surface area contributed by atoms with Gasteiger partial charge in [-0.05, 0) is 19.8 Å². The number of nitrogens with one attached hydrogen (secondary N) is 1. The molecule has 0 bridgehead atoms. The van der Waals surface area contributed by atoms with Gasteiger partial charge < -0.3 is 19.7 Å². The van der Waals surface area contributed by atoms with E-state index in [1.54, 1.807) is 11.9 Å². The summed E-state index contributed by atoms with van der Waals surface area (Å²) in [4.78, 5) is 17.7. The Morgan fingerprint density at radius 1 is 1.55 bits per heavy atom. The molecule has 2 rings (SSSR count). The molecule has 1 aliphatic rings. The first-order valence-electron chi connectivity index (χ1n) is 7.14. The van der Waals surface area contributed by atoms with Gasteiger partial charge in [-0.2, -0.15) is 0 Å². The van der Waals surface area contributed by atoms with Crippen molar-refractivity contribution in [1.29, 1.82) is 0 Å². The second kappa shape index (κ2) is 6.74. The van der Waals surface area contributed by atoms with Gasteiger partial charge in [0, 0.05) is 19.5 Å². The number of carbonyl (C=O) groups excluding carboxylic acids is 1. The number of aliphatic hydroxyl groups excluding tert-OH is 1. The molecule has 1 aromatic rings. The average molecular weight is 281 g/mol. The topological polar surface area (TPSA) is 78.6 Å². The summed E-state index contributed by atoms with van der Waals surface area (Å²) in [6, 6.07) is -0.148. The standard InChI is InChI=1S/C14H23N3O3/c1-10-12(16-9-20-10)7-15-14(19)17(2)8-11-5-3-4-6-13(11)18/h9,11,13,18H,3-8H2,1-2H3,(H,15,19). The van der Waals surface area contributed by atoms with Crippen molar-refractivity contribution in [3.63, 3.8) is 0 Å². The number of hydrogen-bond acceptors (Lipinski definition) is 4. The van der Waals surface area contributed by atoms with Crippen molar-refractivity contribution in [3.8, 4) is 0 Å². The van der Waals surface area contributed by atoms with Crippen LogP contribution in [0.4, 0.5) is 4.79 Å². The van der Waals surface area contributed by atoms with Crippen molar-refractivity contribution in [1.82, 2.24) is 15.2 Å². The molecular weight excluding hydrogens is 258 g/mol. The zero-order valence-electron chi connectivity index (χ0n) is 12.1. The van der Waals surface area contributed by atoms with Gasteiger partial charge in [-0.1, -0.05) is 12.8 Å². The van der Waals surface area contributed by atoms with Crippen LogP contribution >= 0.6 is 0 Å². The second-order valence-electron chi connectivity index (χ2n) is 5.51. The van der Waals surface area contributed by atoms with Gasteiger partial charge in [0.15, 0.2) is 6.39 Å². The number of carbonyl (C=O) groups is 1. The van der Waals surface area contributed by atoms with Crippen LogP contribution in [0.25, 0.3) is 0 Å². The van der Waals surface area contributed by atoms with E-state index in [0.717, 1.165) is 37.1 Å². The van der Waals surface area contributed by atoms with Crippen LogP contribution in [-0.4, -0.2) is 40.7 Å². The Bertz CT molecular complexity index is 447. The molecule has 0 aliphatic heterocycles. The van der Waals surface area contributed by atoms with Gasteiger partial charge in [0.05, 0.1) is 12.6 Å². The number of aryl methyl sites for hydroxylation is 1. The summed E-state index contributed by atoms with van der Waals surface area (Å²) in [6.45, 7) is 2.76. The quantitative estimate of drug-likeness (QED) is 0.880. The van der Waals surface area contributed by atoms with Crippen LogP contribution in [0.5, 0.6) is 0 Å². The third-order valence-corrected chi connectivity index (χ3v) is 3.98. The number of aromatic nitrogens is 1. The summed E-state index contributed by atoms with van der Waals surface area (Å²) >= 11 is 0. The van der Waals surface area contributed by atoms with E-state index in [2.05, 4.69) is 10.3 Å². The Morgan fingerprint density at radius 3 is 2.95 bits per heavy atom. The lowest BCUT2D eigenvalue weighted by molar-refractivity contribution is 0.0565. The highest BCUT2D eigenvalue weighted by atomic mass is 16.3. The summed E-state index contributed by atoms with van der Waals surface area (Å²) < 4.78 is 5.08. The highest BCUT2D eigenvalue weighted by Crippen LogP contribution is 2.24. The number of oxazole rings is 1. The van der Waals surface area contributed by atoms with Crippen molar-refractivity contribution < 1.29 is 14.3 Å². The maximum absolute atomic E-state index is 12.0. The van der Waals surface area contributed by atoms with E-state index in [0.29, 0.717) is 13.1 Å². The first-order chi connectivity index (χ1) is 9.58. The van der Waals surface area contributed by atoms with E-state index in [1.807, 2.05) is 6.92 Å². The number of aliphatic hydroxyl groups is 1. The minimum atomic E-state index is -0.281. The van der Waals surface area contributed by atoms with E-state index in [1.165, 1.54) is 6.39 Å². The van der Waals surface area contributed by atoms with Crippen LogP contribution in [0.1, 0.15) is 37.1 Å². The van der Waals surface area contributed by atoms with Gasteiger partial charge in [-0.15, -0.1) is 0 Å². The van der Waals surface area contributed by atoms with E-state index in [9.17, 15) is 9.90 Å². The minimum Gasteiger partial charge on any atom is -0.448 e. The lowest BCUT2D eigenvalue weighted by atomic mass is 9.86. The molecule has 0 saturated heterocycles. The van der Waals surface area contributed by atoms with Crippen molar-refractivity contribution in [3.05, 3.63) is 17.8 Å². The van der Waals surface area contributed by atoms with E-state index >= 15 is 0 Å². The Kier molecular flexibility index (Phi) is 5.00. The van der Waals surface area contributed by atoms with Crippen LogP contribution < -0.4 is 5.32 Å². The summed E-state index contributed by atoms with van der Waals surface area (Å²) in [5.41, 5.74) is 0.740. The molecule has 20 heavy (non-hydrogen) atoms. The van der Waals surface area contributed by atoms with E-state index < -0.39 is 0 Å². The Labute approximate surface area is 119 Å². The number of rotatable bonds is 4. The molecule has 6 nitrogen and oxygen atoms in total. The Morgan fingerprint density at radius 2 is 2.30 bits per heavy atom. The number of urea groups is 1. The van der Waals surface area contributed by atoms with Crippen molar-refractivity contribution in [2.75, 3.05) is 13.6 Å². The van der Waals surface area contributed by atoms with Gasteiger partial charge in [0.25, 0.3) is 0 Å². The van der Waals surface area contributed by atoms with Crippen LogP contribution in [0.2, 0.25) is 0 Å². The zero-order valence-corrected chi connectivity index (χ0v) is 12.1. The van der Waals surface area contributed by atoms with Crippen molar-refractivity contribution >= 4 is 6.03 Å². The molecule has 1 saturated carbocycles. The van der Waals surface area contributed by atoms with Crippen LogP contribution in [0.3, 0.4) is 0 Å². The molecule has 112 valence electrons. The fourth-order valence-electron chi connectivity index (χ4n) is 2.63. The molecule has 0 aromatic carbocycles. The SMILES string of the molecule is Cc1ocnc1CNC(=O)N(C)CC1CCCCC1O. The third kappa shape index (κ3) is 3.72. The normalized spacial score (nSPS) is 22.6. The fraction of sp³-hybridized carbons (Fsp3) is 0.714. The first kappa shape index (κ1) is 14.8. The molecule has 6 heteroatoms. The molecule has 2 atom stereocenters. The molecule has 1 aliphatic carbocycles. The molecule has 0 radical (unpaired) electrons. The summed E-state index contributed by atoms with van der Waals surface area (Å²) in [5, 5.41) is 12.7. The molecule has 2 unspecified atom stereocenters. The summed E-state index contributed by atoms with van der Waals surface area (Å²) in [6.07, 6.45) is 5.14. The second-order valence-corrected chi connectivity index (χ2v) is 5.51. The molecule has 1 aromatic heterocycles. The molecule has 0 spiro atoms. The smallest absolute Gasteiger partial charge is 0.317 e. The van der Waals surface area contributed by atoms with Gasteiger partial charge in [0.2, 0.25) is 0 Å². The van der Waals surface area contributed by atoms with Crippen LogP contribution in [-0.2, 0) is 6.54 Å². The molecule has 2 amide bonds. The zero-order chi connectivity index (χ0) is 14.5. The maximum atomic E-state index is 12.0. The lowest BCUT2D eigenvalue weighted by Crippen LogP contribution is -2.42. The van der Waals surface area contributed by atoms with Crippen molar-refractivity contribution in [2.45, 2.75) is 45.3 Å². The monoisotopic (exact) mass is 281 g/mol. The van der Waals surface area contributed by atoms with Gasteiger partial charge in [-0.3, -0.25) is 0 Å². The summed E-state index contributed by atoms with van der Waals surface area (Å²) in [5.74, 6) is 0.906. The van der Waals surface area contributed by atoms with Crippen LogP contribution in [0, 0.1) is 12.8 Å². The van der Waals surface area contributed by atoms with Crippen LogP contribution in [0.15, 0.2) is 10.8 Å². The number of nitrogens with zero attached hydrogens (tertiary/aromatic N) is 2. The van der Waals surface area contributed by atoms with Crippen molar-refractivity contribution in [2.24, 2.45) is 5.92 Å². The molecule has 2 N–H and O–H groups in total. The van der Waals surface area contributed by atoms with Gasteiger partial charge in [-0.25, -0.2) is 9.78 Å². The Hall–Kier alpha value is -1.56. The van der Waals surface area contributed by atoms with E-state index in [4.69, 9.17) is 4.42 Å². The number of amides is 2. The Balaban J connectivity index is 1.78. The third-order valence-electron chi connectivity index (χ3n) is 3.98. The van der Waals surface area contributed by atoms with Gasteiger partial charge >= 0.3 is 6.03 Å². The molecule has 1 fully saturated rings. The van der Waals surface area contributed by atoms with E-state index in [-0.39, 0.29) is 18.1 Å². The highest BCUT2D eigenvalue weighted by molar-refractivity contribution is 5.73. The predicted molar refractivity (Wildman–Crippen MR) is 74.1 cm³/mol. The van der Waals surface area contributed by atoms with Gasteiger partial charge in [0.1, 0.15) is 11.5 Å². The number of hydrogen-bond donors (Lipinski definition) is 2. The summed E-state index contributed by atoms with van der Waals surface area (Å²) in [7, 11) is 1.76. The lowest BCUT2D eigenvalue weighted by Gasteiger charge is -2.31. The molecular formula is C14H23N3O3. The fourth-order valence-corrected chi connectivity index (χ4v) is 2.63. The first-order valence-corrected chi connectivity index (χ1v) is 7.14. The maximum Gasteiger partial charge on any atom is 0.317 e. The minimum absolute atomic E-state index is 0.148.